The molecule has 0 spiro atoms. The summed E-state index contributed by atoms with van der Waals surface area (Å²) in [6.07, 6.45) is 0. The van der Waals surface area contributed by atoms with Crippen LogP contribution in [0.25, 0.3) is 60.9 Å². The van der Waals surface area contributed by atoms with E-state index in [-0.39, 0.29) is 6.71 Å². The number of nitrogens with zero attached hydrogens (tertiary/aromatic N) is 2. The standard InChI is InChI=1S/C63H40BN3O/c1-4-17-40(18-5-1)41-33-35-44(36-34-41)66(54-29-16-32-57-58(54)47-24-11-13-31-56(47)68-57)45-37-38-50-53(39-45)65-52-28-15-30-55-60(52)64(50)51-27-14-25-48-59-62(67(55)61(48)51)46-23-10-12-26-49(46)63(59,42-19-6-2-7-20-42)43-21-8-3-9-22-43/h1-39,65H. The van der Waals surface area contributed by atoms with E-state index in [0.29, 0.717) is 0 Å². The smallest absolute Gasteiger partial charge is 0.252 e. The summed E-state index contributed by atoms with van der Waals surface area (Å²) in [5.74, 6) is 0. The number of benzene rings is 10. The Bertz CT molecular complexity index is 3970. The predicted molar refractivity (Wildman–Crippen MR) is 282 cm³/mol. The number of hydrogen-bond acceptors (Lipinski definition) is 3. The maximum Gasteiger partial charge on any atom is 0.252 e. The van der Waals surface area contributed by atoms with Gasteiger partial charge in [-0.25, -0.2) is 0 Å². The number of anilines is 5. The minimum atomic E-state index is -0.522. The molecule has 0 radical (unpaired) electrons. The SMILES string of the molecule is c1ccc(-c2ccc(N(c3ccc4c(c3)Nc3cccc5c3B4c3cccc4c6c(n-5c34)-c3ccccc3C6(c3ccccc3)c3ccccc3)c3cccc4oc5ccccc5c34)cc2)cc1. The highest BCUT2D eigenvalue weighted by Crippen LogP contribution is 2.60. The van der Waals surface area contributed by atoms with E-state index in [4.69, 9.17) is 4.42 Å². The van der Waals surface area contributed by atoms with Crippen molar-refractivity contribution in [3.8, 4) is 28.1 Å². The van der Waals surface area contributed by atoms with E-state index in [0.717, 1.165) is 50.4 Å². The molecule has 0 saturated heterocycles. The first-order chi connectivity index (χ1) is 33.8. The molecule has 1 N–H and O–H groups in total. The van der Waals surface area contributed by atoms with Gasteiger partial charge in [-0.05, 0) is 98.8 Å². The Hall–Kier alpha value is -8.80. The zero-order valence-electron chi connectivity index (χ0n) is 36.9. The number of rotatable bonds is 6. The zero-order chi connectivity index (χ0) is 44.5. The van der Waals surface area contributed by atoms with Gasteiger partial charge in [0, 0.05) is 55.9 Å². The van der Waals surface area contributed by atoms with Crippen LogP contribution in [0.5, 0.6) is 0 Å². The summed E-state index contributed by atoms with van der Waals surface area (Å²) < 4.78 is 9.10. The van der Waals surface area contributed by atoms with Crippen molar-refractivity contribution >= 4 is 84.4 Å². The third kappa shape index (κ3) is 5.00. The van der Waals surface area contributed by atoms with Gasteiger partial charge >= 0.3 is 0 Å². The van der Waals surface area contributed by atoms with Crippen molar-refractivity contribution in [2.75, 3.05) is 10.2 Å². The van der Waals surface area contributed by atoms with E-state index < -0.39 is 5.41 Å². The molecule has 68 heavy (non-hydrogen) atoms. The van der Waals surface area contributed by atoms with Crippen LogP contribution in [0.15, 0.2) is 241 Å². The van der Waals surface area contributed by atoms with Crippen molar-refractivity contribution in [1.29, 1.82) is 0 Å². The lowest BCUT2D eigenvalue weighted by molar-refractivity contribution is 0.669. The molecule has 0 atom stereocenters. The molecule has 4 heterocycles. The van der Waals surface area contributed by atoms with Crippen molar-refractivity contribution < 1.29 is 4.42 Å². The quantitative estimate of drug-likeness (QED) is 0.169. The average Bonchev–Trinajstić information content (AvgIpc) is 4.06. The molecule has 0 amide bonds. The minimum absolute atomic E-state index is 0.00989. The Labute approximate surface area is 394 Å². The van der Waals surface area contributed by atoms with Crippen LogP contribution < -0.4 is 26.6 Å². The predicted octanol–water partition coefficient (Wildman–Crippen LogP) is 13.9. The van der Waals surface area contributed by atoms with E-state index in [9.17, 15) is 0 Å². The Morgan fingerprint density at radius 2 is 1.13 bits per heavy atom. The molecule has 0 unspecified atom stereocenters. The van der Waals surface area contributed by atoms with E-state index in [1.54, 1.807) is 0 Å². The Morgan fingerprint density at radius 3 is 1.94 bits per heavy atom. The van der Waals surface area contributed by atoms with Crippen LogP contribution in [0.2, 0.25) is 0 Å². The van der Waals surface area contributed by atoms with Gasteiger partial charge < -0.3 is 19.2 Å². The number of furan rings is 1. The third-order valence-electron chi connectivity index (χ3n) is 15.0. The molecule has 10 aromatic carbocycles. The Kier molecular flexibility index (Phi) is 7.76. The number of para-hydroxylation sites is 2. The van der Waals surface area contributed by atoms with Crippen molar-refractivity contribution in [2.24, 2.45) is 0 Å². The Balaban J connectivity index is 0.958. The second-order valence-electron chi connectivity index (χ2n) is 18.4. The summed E-state index contributed by atoms with van der Waals surface area (Å²) in [5, 5.41) is 7.50. The molecule has 1 aliphatic carbocycles. The van der Waals surface area contributed by atoms with Crippen LogP contribution in [0, 0.1) is 0 Å². The minimum Gasteiger partial charge on any atom is -0.456 e. The normalized spacial score (nSPS) is 13.5. The number of hydrogen-bond donors (Lipinski definition) is 1. The van der Waals surface area contributed by atoms with Crippen molar-refractivity contribution in [3.05, 3.63) is 259 Å². The van der Waals surface area contributed by atoms with Gasteiger partial charge in [-0.2, -0.15) is 0 Å². The number of nitrogens with one attached hydrogen (secondary N) is 1. The summed E-state index contributed by atoms with van der Waals surface area (Å²) in [5.41, 5.74) is 23.2. The van der Waals surface area contributed by atoms with Crippen LogP contribution in [-0.4, -0.2) is 11.3 Å². The lowest BCUT2D eigenvalue weighted by atomic mass is 9.34. The van der Waals surface area contributed by atoms with Gasteiger partial charge in [0.25, 0.3) is 6.71 Å². The molecule has 12 aromatic rings. The number of fused-ring (bicyclic) bond motifs is 12. The molecule has 2 aromatic heterocycles. The van der Waals surface area contributed by atoms with Gasteiger partial charge in [-0.1, -0.05) is 182 Å². The average molecular weight is 866 g/mol. The van der Waals surface area contributed by atoms with Gasteiger partial charge in [0.2, 0.25) is 0 Å². The number of aromatic nitrogens is 1. The summed E-state index contributed by atoms with van der Waals surface area (Å²) in [6, 6.07) is 86.7. The lowest BCUT2D eigenvalue weighted by Crippen LogP contribution is -2.59. The highest BCUT2D eigenvalue weighted by atomic mass is 16.3. The fraction of sp³-hybridized carbons (Fsp3) is 0.0159. The van der Waals surface area contributed by atoms with Gasteiger partial charge in [0.15, 0.2) is 0 Å². The summed E-state index contributed by atoms with van der Waals surface area (Å²) in [4.78, 5) is 2.40. The summed E-state index contributed by atoms with van der Waals surface area (Å²) >= 11 is 0. The third-order valence-corrected chi connectivity index (χ3v) is 15.0. The molecule has 15 rings (SSSR count). The zero-order valence-corrected chi connectivity index (χ0v) is 36.9. The molecule has 5 heteroatoms. The summed E-state index contributed by atoms with van der Waals surface area (Å²) in [6.45, 7) is 0.00989. The van der Waals surface area contributed by atoms with Gasteiger partial charge in [0.1, 0.15) is 11.2 Å². The molecule has 3 aliphatic rings. The Morgan fingerprint density at radius 1 is 0.485 bits per heavy atom. The molecule has 2 aliphatic heterocycles. The van der Waals surface area contributed by atoms with Crippen LogP contribution in [0.1, 0.15) is 22.3 Å². The maximum absolute atomic E-state index is 6.49. The van der Waals surface area contributed by atoms with Crippen molar-refractivity contribution in [3.63, 3.8) is 0 Å². The first kappa shape index (κ1) is 37.4. The van der Waals surface area contributed by atoms with Gasteiger partial charge in [-0.15, -0.1) is 0 Å². The van der Waals surface area contributed by atoms with E-state index in [2.05, 4.69) is 245 Å². The van der Waals surface area contributed by atoms with Gasteiger partial charge in [-0.3, -0.25) is 0 Å². The molecule has 4 nitrogen and oxygen atoms in total. The second-order valence-corrected chi connectivity index (χ2v) is 18.4. The fourth-order valence-electron chi connectivity index (χ4n) is 12.4. The van der Waals surface area contributed by atoms with E-state index in [1.165, 1.54) is 77.6 Å². The van der Waals surface area contributed by atoms with E-state index >= 15 is 0 Å². The molecule has 316 valence electrons. The van der Waals surface area contributed by atoms with Crippen LogP contribution in [0.4, 0.5) is 28.4 Å². The first-order valence-corrected chi connectivity index (χ1v) is 23.5. The van der Waals surface area contributed by atoms with Crippen LogP contribution in [0.3, 0.4) is 0 Å². The molecular weight excluding hydrogens is 826 g/mol. The topological polar surface area (TPSA) is 33.3 Å². The maximum atomic E-state index is 6.49. The highest BCUT2D eigenvalue weighted by Gasteiger charge is 2.51. The lowest BCUT2D eigenvalue weighted by Gasteiger charge is -2.36. The first-order valence-electron chi connectivity index (χ1n) is 23.5. The van der Waals surface area contributed by atoms with Crippen molar-refractivity contribution in [1.82, 2.24) is 4.57 Å². The molecule has 0 saturated carbocycles. The molecular formula is C63H40BN3O. The van der Waals surface area contributed by atoms with Crippen LogP contribution >= 0.6 is 0 Å². The largest absolute Gasteiger partial charge is 0.456 e. The monoisotopic (exact) mass is 865 g/mol. The fourth-order valence-corrected chi connectivity index (χ4v) is 12.4. The molecule has 0 bridgehead atoms. The highest BCUT2D eigenvalue weighted by molar-refractivity contribution is 7.00. The van der Waals surface area contributed by atoms with Crippen LogP contribution in [-0.2, 0) is 5.41 Å². The van der Waals surface area contributed by atoms with Crippen molar-refractivity contribution in [2.45, 2.75) is 5.41 Å². The van der Waals surface area contributed by atoms with E-state index in [1.807, 2.05) is 6.07 Å². The van der Waals surface area contributed by atoms with Gasteiger partial charge in [0.05, 0.1) is 22.2 Å². The molecule has 0 fully saturated rings. The summed E-state index contributed by atoms with van der Waals surface area (Å²) in [7, 11) is 0. The second kappa shape index (κ2) is 14.1.